The summed E-state index contributed by atoms with van der Waals surface area (Å²) in [4.78, 5) is 31.2. The number of carbonyl (C=O) groups is 1. The average molecular weight is 446 g/mol. The van der Waals surface area contributed by atoms with Crippen molar-refractivity contribution in [3.63, 3.8) is 0 Å². The van der Waals surface area contributed by atoms with E-state index in [2.05, 4.69) is 25.2 Å². The molecule has 2 N–H and O–H groups in total. The van der Waals surface area contributed by atoms with Crippen LogP contribution in [0.2, 0.25) is 0 Å². The molecule has 33 heavy (non-hydrogen) atoms. The molecule has 4 aromatic rings. The third-order valence-electron chi connectivity index (χ3n) is 6.97. The first-order valence-corrected chi connectivity index (χ1v) is 11.6. The molecule has 1 saturated carbocycles. The molecular weight excluding hydrogens is 418 g/mol. The Morgan fingerprint density at radius 1 is 1.18 bits per heavy atom. The molecule has 5 heterocycles. The van der Waals surface area contributed by atoms with E-state index in [0.717, 1.165) is 66.5 Å². The molecule has 4 aromatic heterocycles. The van der Waals surface area contributed by atoms with E-state index < -0.39 is 0 Å². The first kappa shape index (κ1) is 20.0. The third kappa shape index (κ3) is 3.57. The van der Waals surface area contributed by atoms with Gasteiger partial charge in [0.1, 0.15) is 11.3 Å². The highest BCUT2D eigenvalue weighted by molar-refractivity contribution is 5.97. The van der Waals surface area contributed by atoms with Gasteiger partial charge in [0.15, 0.2) is 0 Å². The summed E-state index contributed by atoms with van der Waals surface area (Å²) in [5.74, 6) is 1.43. The lowest BCUT2D eigenvalue weighted by atomic mass is 9.90. The number of aromatic amines is 1. The standard InChI is InChI=1S/C24H27N7O2/c1-33-23-21-18(15-4-9-19-25-10-12-30(19)14-15)13-26-22(21)28-24(29-23)27-16-5-7-17(8-6-16)31-11-2-3-20(31)32/h4,9-10,12-14,16-17H,2-3,5-8,11H2,1H3,(H2,26,27,28,29)/t16-,17+. The molecule has 2 aliphatic rings. The Balaban J connectivity index is 1.23. The fraction of sp³-hybridized carbons (Fsp3) is 0.417. The van der Waals surface area contributed by atoms with Gasteiger partial charge in [0.05, 0.1) is 12.5 Å². The molecule has 170 valence electrons. The number of methoxy groups -OCH3 is 1. The van der Waals surface area contributed by atoms with Crippen molar-refractivity contribution in [2.75, 3.05) is 19.0 Å². The van der Waals surface area contributed by atoms with Crippen LogP contribution in [0.4, 0.5) is 5.95 Å². The van der Waals surface area contributed by atoms with Crippen molar-refractivity contribution >= 4 is 28.5 Å². The Kier molecular flexibility index (Phi) is 4.89. The molecule has 9 heteroatoms. The molecule has 9 nitrogen and oxygen atoms in total. The molecule has 1 aliphatic carbocycles. The number of anilines is 1. The number of hydrogen-bond donors (Lipinski definition) is 2. The monoisotopic (exact) mass is 445 g/mol. The van der Waals surface area contributed by atoms with Gasteiger partial charge in [-0.3, -0.25) is 4.79 Å². The lowest BCUT2D eigenvalue weighted by Gasteiger charge is -2.34. The molecule has 0 unspecified atom stereocenters. The third-order valence-corrected chi connectivity index (χ3v) is 6.97. The van der Waals surface area contributed by atoms with Gasteiger partial charge in [0, 0.05) is 61.0 Å². The Bertz CT molecular complexity index is 1320. The minimum atomic E-state index is 0.291. The molecule has 2 fully saturated rings. The molecule has 0 spiro atoms. The molecule has 0 atom stereocenters. The maximum absolute atomic E-state index is 12.1. The number of fused-ring (bicyclic) bond motifs is 2. The van der Waals surface area contributed by atoms with Gasteiger partial charge in [-0.15, -0.1) is 0 Å². The topological polar surface area (TPSA) is 100 Å². The number of nitrogens with zero attached hydrogens (tertiary/aromatic N) is 5. The smallest absolute Gasteiger partial charge is 0.228 e. The molecule has 0 radical (unpaired) electrons. The first-order valence-electron chi connectivity index (χ1n) is 11.6. The molecule has 0 aromatic carbocycles. The van der Waals surface area contributed by atoms with E-state index in [4.69, 9.17) is 9.72 Å². The second-order valence-corrected chi connectivity index (χ2v) is 8.93. The van der Waals surface area contributed by atoms with E-state index in [1.165, 1.54) is 0 Å². The first-order chi connectivity index (χ1) is 16.2. The summed E-state index contributed by atoms with van der Waals surface area (Å²) in [6.07, 6.45) is 13.4. The van der Waals surface area contributed by atoms with Gasteiger partial charge in [-0.1, -0.05) is 0 Å². The van der Waals surface area contributed by atoms with Gasteiger partial charge >= 0.3 is 0 Å². The van der Waals surface area contributed by atoms with Gasteiger partial charge in [-0.05, 0) is 44.2 Å². The SMILES string of the molecule is COc1nc(N[C@H]2CC[C@@H](N3CCCC3=O)CC2)nc2[nH]cc(-c3ccc4nccn4c3)c12. The number of ether oxygens (including phenoxy) is 1. The van der Waals surface area contributed by atoms with E-state index in [9.17, 15) is 4.79 Å². The highest BCUT2D eigenvalue weighted by Gasteiger charge is 2.31. The number of amides is 1. The maximum atomic E-state index is 12.1. The molecule has 1 amide bonds. The highest BCUT2D eigenvalue weighted by Crippen LogP contribution is 2.35. The Labute approximate surface area is 191 Å². The molecule has 1 saturated heterocycles. The van der Waals surface area contributed by atoms with Crippen LogP contribution in [0.3, 0.4) is 0 Å². The number of rotatable bonds is 5. The second kappa shape index (κ2) is 8.06. The van der Waals surface area contributed by atoms with Crippen molar-refractivity contribution in [3.05, 3.63) is 36.9 Å². The highest BCUT2D eigenvalue weighted by atomic mass is 16.5. The second-order valence-electron chi connectivity index (χ2n) is 8.93. The van der Waals surface area contributed by atoms with Crippen molar-refractivity contribution in [1.29, 1.82) is 0 Å². The normalized spacial score (nSPS) is 21.2. The van der Waals surface area contributed by atoms with Crippen LogP contribution in [-0.2, 0) is 4.79 Å². The fourth-order valence-corrected chi connectivity index (χ4v) is 5.29. The summed E-state index contributed by atoms with van der Waals surface area (Å²) < 4.78 is 7.66. The van der Waals surface area contributed by atoms with Gasteiger partial charge in [0.25, 0.3) is 0 Å². The van der Waals surface area contributed by atoms with Gasteiger partial charge < -0.3 is 24.3 Å². The van der Waals surface area contributed by atoms with Gasteiger partial charge in [-0.2, -0.15) is 9.97 Å². The summed E-state index contributed by atoms with van der Waals surface area (Å²) >= 11 is 0. The number of aromatic nitrogens is 5. The maximum Gasteiger partial charge on any atom is 0.228 e. The molecule has 1 aliphatic heterocycles. The van der Waals surface area contributed by atoms with Crippen LogP contribution < -0.4 is 10.1 Å². The van der Waals surface area contributed by atoms with Crippen LogP contribution in [-0.4, -0.2) is 60.9 Å². The minimum Gasteiger partial charge on any atom is -0.480 e. The quantitative estimate of drug-likeness (QED) is 0.487. The lowest BCUT2D eigenvalue weighted by molar-refractivity contribution is -0.130. The Morgan fingerprint density at radius 3 is 2.85 bits per heavy atom. The van der Waals surface area contributed by atoms with Crippen molar-refractivity contribution in [2.24, 2.45) is 0 Å². The van der Waals surface area contributed by atoms with Crippen LogP contribution in [0.1, 0.15) is 38.5 Å². The number of H-pyrrole nitrogens is 1. The zero-order valence-electron chi connectivity index (χ0n) is 18.6. The van der Waals surface area contributed by atoms with Crippen LogP contribution in [0.25, 0.3) is 27.8 Å². The van der Waals surface area contributed by atoms with Gasteiger partial charge in [-0.25, -0.2) is 4.98 Å². The lowest BCUT2D eigenvalue weighted by Crippen LogP contribution is -2.41. The zero-order chi connectivity index (χ0) is 22.4. The number of carbonyl (C=O) groups excluding carboxylic acids is 1. The Hall–Kier alpha value is -3.62. The predicted molar refractivity (Wildman–Crippen MR) is 125 cm³/mol. The average Bonchev–Trinajstić information content (AvgIpc) is 3.58. The van der Waals surface area contributed by atoms with E-state index >= 15 is 0 Å². The summed E-state index contributed by atoms with van der Waals surface area (Å²) in [7, 11) is 1.64. The van der Waals surface area contributed by atoms with Crippen molar-refractivity contribution in [3.8, 4) is 17.0 Å². The van der Waals surface area contributed by atoms with Crippen LogP contribution in [0.5, 0.6) is 5.88 Å². The van der Waals surface area contributed by atoms with Crippen LogP contribution >= 0.6 is 0 Å². The van der Waals surface area contributed by atoms with Crippen LogP contribution in [0.15, 0.2) is 36.9 Å². The summed E-state index contributed by atoms with van der Waals surface area (Å²) in [5.41, 5.74) is 3.66. The van der Waals surface area contributed by atoms with Crippen molar-refractivity contribution in [2.45, 2.75) is 50.6 Å². The summed E-state index contributed by atoms with van der Waals surface area (Å²) in [6.45, 7) is 0.918. The molecule has 0 bridgehead atoms. The number of pyridine rings is 1. The summed E-state index contributed by atoms with van der Waals surface area (Å²) in [5, 5.41) is 4.36. The van der Waals surface area contributed by atoms with Crippen molar-refractivity contribution in [1.82, 2.24) is 29.2 Å². The van der Waals surface area contributed by atoms with E-state index in [0.29, 0.717) is 36.2 Å². The molecule has 6 rings (SSSR count). The van der Waals surface area contributed by atoms with E-state index in [1.54, 1.807) is 13.3 Å². The number of imidazole rings is 1. The number of hydrogen-bond acceptors (Lipinski definition) is 6. The molecular formula is C24H27N7O2. The van der Waals surface area contributed by atoms with E-state index in [1.807, 2.05) is 35.1 Å². The zero-order valence-corrected chi connectivity index (χ0v) is 18.6. The number of likely N-dealkylation sites (tertiary alicyclic amines) is 1. The number of nitrogens with one attached hydrogen (secondary N) is 2. The predicted octanol–water partition coefficient (Wildman–Crippen LogP) is 3.63. The van der Waals surface area contributed by atoms with Gasteiger partial charge in [0.2, 0.25) is 17.7 Å². The Morgan fingerprint density at radius 2 is 2.06 bits per heavy atom. The minimum absolute atomic E-state index is 0.291. The largest absolute Gasteiger partial charge is 0.480 e. The van der Waals surface area contributed by atoms with Crippen LogP contribution in [0, 0.1) is 0 Å². The van der Waals surface area contributed by atoms with Crippen molar-refractivity contribution < 1.29 is 9.53 Å². The fourth-order valence-electron chi connectivity index (χ4n) is 5.29. The summed E-state index contributed by atoms with van der Waals surface area (Å²) in [6, 6.07) is 4.71. The van der Waals surface area contributed by atoms with E-state index in [-0.39, 0.29) is 0 Å².